The summed E-state index contributed by atoms with van der Waals surface area (Å²) in [6.45, 7) is 0.658. The van der Waals surface area contributed by atoms with Crippen molar-refractivity contribution in [2.45, 2.75) is 38.0 Å². The van der Waals surface area contributed by atoms with Gasteiger partial charge < -0.3 is 4.90 Å². The van der Waals surface area contributed by atoms with Gasteiger partial charge in [0, 0.05) is 29.1 Å². The molecule has 24 heavy (non-hydrogen) atoms. The van der Waals surface area contributed by atoms with Crippen LogP contribution in [0.1, 0.15) is 39.3 Å². The number of rotatable bonds is 3. The van der Waals surface area contributed by atoms with Gasteiger partial charge in [-0.1, -0.05) is 30.3 Å². The molecular weight excluding hydrogens is 334 g/mol. The fourth-order valence-corrected chi connectivity index (χ4v) is 6.11. The molecule has 0 N–H and O–H groups in total. The highest BCUT2D eigenvalue weighted by Gasteiger charge is 2.26. The molecule has 0 saturated carbocycles. The first-order valence-electron chi connectivity index (χ1n) is 8.49. The average molecular weight is 356 g/mol. The van der Waals surface area contributed by atoms with Gasteiger partial charge in [0.1, 0.15) is 0 Å². The lowest BCUT2D eigenvalue weighted by Gasteiger charge is -2.21. The molecule has 0 saturated heterocycles. The van der Waals surface area contributed by atoms with Gasteiger partial charge in [-0.25, -0.2) is 0 Å². The summed E-state index contributed by atoms with van der Waals surface area (Å²) in [5, 5.41) is 0. The van der Waals surface area contributed by atoms with Crippen molar-refractivity contribution < 1.29 is 4.79 Å². The number of fused-ring (bicyclic) bond motifs is 3. The predicted octanol–water partition coefficient (Wildman–Crippen LogP) is 4.87. The van der Waals surface area contributed by atoms with Crippen LogP contribution in [0.5, 0.6) is 0 Å². The summed E-state index contributed by atoms with van der Waals surface area (Å²) >= 11 is 3.62. The summed E-state index contributed by atoms with van der Waals surface area (Å²) in [4.78, 5) is 18.4. The van der Waals surface area contributed by atoms with Gasteiger partial charge in [0.15, 0.2) is 0 Å². The van der Waals surface area contributed by atoms with E-state index in [0.29, 0.717) is 6.54 Å². The maximum atomic E-state index is 12.8. The number of benzene rings is 1. The number of hydrogen-bond donors (Lipinski definition) is 0. The molecular formula is C20H21NOS2. The summed E-state index contributed by atoms with van der Waals surface area (Å²) in [6.07, 6.45) is 7.22. The maximum absolute atomic E-state index is 12.8. The molecule has 1 aliphatic heterocycles. The van der Waals surface area contributed by atoms with Crippen LogP contribution < -0.4 is 0 Å². The van der Waals surface area contributed by atoms with E-state index < -0.39 is 0 Å². The van der Waals surface area contributed by atoms with Crippen molar-refractivity contribution in [3.05, 3.63) is 61.7 Å². The van der Waals surface area contributed by atoms with E-state index in [1.54, 1.807) is 22.2 Å². The molecule has 124 valence electrons. The molecule has 2 aromatic rings. The van der Waals surface area contributed by atoms with E-state index in [2.05, 4.69) is 18.2 Å². The van der Waals surface area contributed by atoms with Gasteiger partial charge in [0.2, 0.25) is 0 Å². The molecule has 0 spiro atoms. The van der Waals surface area contributed by atoms with Crippen molar-refractivity contribution >= 4 is 35.1 Å². The highest BCUT2D eigenvalue weighted by atomic mass is 32.2. The molecule has 2 aliphatic rings. The Labute approximate surface area is 151 Å². The zero-order valence-corrected chi connectivity index (χ0v) is 15.5. The topological polar surface area (TPSA) is 20.3 Å². The minimum absolute atomic E-state index is 0.140. The Morgan fingerprint density at radius 2 is 1.92 bits per heavy atom. The van der Waals surface area contributed by atoms with E-state index in [4.69, 9.17) is 0 Å². The Hall–Kier alpha value is -1.52. The molecule has 0 bridgehead atoms. The summed E-state index contributed by atoms with van der Waals surface area (Å²) in [6, 6.07) is 10.2. The van der Waals surface area contributed by atoms with E-state index in [1.165, 1.54) is 41.7 Å². The number of likely N-dealkylation sites (N-methyl/N-ethyl adjacent to an activating group) is 1. The normalized spacial score (nSPS) is 16.1. The van der Waals surface area contributed by atoms with Crippen molar-refractivity contribution in [2.24, 2.45) is 0 Å². The van der Waals surface area contributed by atoms with E-state index in [1.807, 2.05) is 41.5 Å². The molecule has 1 aliphatic carbocycles. The third-order valence-electron chi connectivity index (χ3n) is 4.77. The average Bonchev–Trinajstić information content (AvgIpc) is 2.99. The number of aryl methyl sites for hydroxylation is 1. The summed E-state index contributed by atoms with van der Waals surface area (Å²) in [5.41, 5.74) is 4.26. The van der Waals surface area contributed by atoms with E-state index in [9.17, 15) is 4.79 Å². The number of nitrogens with zero attached hydrogens (tertiary/aromatic N) is 1. The first-order chi connectivity index (χ1) is 11.7. The van der Waals surface area contributed by atoms with Crippen LogP contribution in [0.4, 0.5) is 0 Å². The van der Waals surface area contributed by atoms with Crippen molar-refractivity contribution in [3.8, 4) is 0 Å². The molecule has 0 fully saturated rings. The van der Waals surface area contributed by atoms with Gasteiger partial charge in [-0.05, 0) is 48.4 Å². The lowest BCUT2D eigenvalue weighted by Crippen LogP contribution is -2.27. The highest BCUT2D eigenvalue weighted by Crippen LogP contribution is 2.42. The number of thioether (sulfide) groups is 1. The van der Waals surface area contributed by atoms with Crippen LogP contribution in [-0.4, -0.2) is 17.9 Å². The Kier molecular flexibility index (Phi) is 4.51. The molecule has 0 radical (unpaired) electrons. The molecule has 2 heterocycles. The van der Waals surface area contributed by atoms with Crippen LogP contribution >= 0.6 is 23.1 Å². The number of thiophene rings is 1. The second-order valence-electron chi connectivity index (χ2n) is 6.50. The standard InChI is InChI=1S/C20H21NOS2/c1-21(12-14-7-3-2-4-8-14)20(22)19-11-18-16(13-23-19)15-9-5-6-10-17(15)24-18/h2-4,7-8,11H,5-6,9-10,12-13H2,1H3. The van der Waals surface area contributed by atoms with Gasteiger partial charge in [-0.2, -0.15) is 0 Å². The van der Waals surface area contributed by atoms with Gasteiger partial charge in [-0.15, -0.1) is 23.1 Å². The van der Waals surface area contributed by atoms with Gasteiger partial charge in [0.05, 0.1) is 4.91 Å². The fourth-order valence-electron chi connectivity index (χ4n) is 3.48. The summed E-state index contributed by atoms with van der Waals surface area (Å²) in [5.74, 6) is 1.10. The number of carbonyl (C=O) groups excluding carboxylic acids is 1. The minimum Gasteiger partial charge on any atom is -0.337 e. The van der Waals surface area contributed by atoms with Crippen molar-refractivity contribution in [1.29, 1.82) is 0 Å². The lowest BCUT2D eigenvalue weighted by molar-refractivity contribution is -0.125. The van der Waals surface area contributed by atoms with Gasteiger partial charge in [-0.3, -0.25) is 4.79 Å². The number of carbonyl (C=O) groups is 1. The van der Waals surface area contributed by atoms with Crippen molar-refractivity contribution in [3.63, 3.8) is 0 Å². The second kappa shape index (κ2) is 6.77. The molecule has 1 amide bonds. The Balaban J connectivity index is 1.54. The Morgan fingerprint density at radius 1 is 1.12 bits per heavy atom. The quantitative estimate of drug-likeness (QED) is 0.782. The highest BCUT2D eigenvalue weighted by molar-refractivity contribution is 8.03. The zero-order chi connectivity index (χ0) is 16.5. The third kappa shape index (κ3) is 3.05. The largest absolute Gasteiger partial charge is 0.337 e. The van der Waals surface area contributed by atoms with Crippen LogP contribution in [0.15, 0.2) is 35.2 Å². The summed E-state index contributed by atoms with van der Waals surface area (Å²) in [7, 11) is 1.89. The molecule has 1 aromatic carbocycles. The van der Waals surface area contributed by atoms with Crippen LogP contribution in [0.2, 0.25) is 0 Å². The Morgan fingerprint density at radius 3 is 2.75 bits per heavy atom. The smallest absolute Gasteiger partial charge is 0.260 e. The van der Waals surface area contributed by atoms with E-state index in [0.717, 1.165) is 10.7 Å². The van der Waals surface area contributed by atoms with E-state index >= 15 is 0 Å². The van der Waals surface area contributed by atoms with Gasteiger partial charge >= 0.3 is 0 Å². The van der Waals surface area contributed by atoms with Crippen LogP contribution in [-0.2, 0) is 29.9 Å². The van der Waals surface area contributed by atoms with Crippen molar-refractivity contribution in [1.82, 2.24) is 4.90 Å². The molecule has 0 atom stereocenters. The van der Waals surface area contributed by atoms with Crippen LogP contribution in [0.25, 0.3) is 6.08 Å². The van der Waals surface area contributed by atoms with Crippen LogP contribution in [0, 0.1) is 0 Å². The fraction of sp³-hybridized carbons (Fsp3) is 0.350. The first kappa shape index (κ1) is 16.0. The monoisotopic (exact) mass is 355 g/mol. The van der Waals surface area contributed by atoms with Crippen LogP contribution in [0.3, 0.4) is 0 Å². The first-order valence-corrected chi connectivity index (χ1v) is 10.3. The SMILES string of the molecule is CN(Cc1ccccc1)C(=O)C1=Cc2sc3c(c2CS1)CCCC3. The zero-order valence-electron chi connectivity index (χ0n) is 13.9. The summed E-state index contributed by atoms with van der Waals surface area (Å²) < 4.78 is 0. The molecule has 2 nitrogen and oxygen atoms in total. The van der Waals surface area contributed by atoms with Gasteiger partial charge in [0.25, 0.3) is 5.91 Å². The van der Waals surface area contributed by atoms with E-state index in [-0.39, 0.29) is 5.91 Å². The predicted molar refractivity (Wildman–Crippen MR) is 103 cm³/mol. The second-order valence-corrected chi connectivity index (χ2v) is 8.65. The molecule has 4 rings (SSSR count). The number of amides is 1. The number of hydrogen-bond acceptors (Lipinski definition) is 3. The Bertz CT molecular complexity index is 791. The molecule has 4 heteroatoms. The lowest BCUT2D eigenvalue weighted by atomic mass is 9.95. The van der Waals surface area contributed by atoms with Crippen molar-refractivity contribution in [2.75, 3.05) is 7.05 Å². The molecule has 0 unspecified atom stereocenters. The minimum atomic E-state index is 0.140. The molecule has 1 aromatic heterocycles. The third-order valence-corrected chi connectivity index (χ3v) is 7.08. The maximum Gasteiger partial charge on any atom is 0.260 e.